The van der Waals surface area contributed by atoms with Gasteiger partial charge in [0.25, 0.3) is 5.91 Å². The first-order valence-corrected chi connectivity index (χ1v) is 8.96. The molecular formula is C16H16N6OS. The van der Waals surface area contributed by atoms with Crippen molar-refractivity contribution in [2.75, 3.05) is 5.32 Å². The fourth-order valence-corrected chi connectivity index (χ4v) is 4.73. The number of nitrogens with zero attached hydrogens (tertiary/aromatic N) is 3. The Morgan fingerprint density at radius 2 is 2.08 bits per heavy atom. The zero-order valence-corrected chi connectivity index (χ0v) is 13.7. The molecule has 122 valence electrons. The lowest BCUT2D eigenvalue weighted by Gasteiger charge is -2.32. The maximum Gasteiger partial charge on any atom is 0.264 e. The lowest BCUT2D eigenvalue weighted by molar-refractivity contribution is 0.0910. The number of H-pyrrole nitrogens is 1. The van der Waals surface area contributed by atoms with Crippen LogP contribution < -0.4 is 10.6 Å². The van der Waals surface area contributed by atoms with Gasteiger partial charge in [0.05, 0.1) is 16.6 Å². The number of fused-ring (bicyclic) bond motifs is 3. The maximum absolute atomic E-state index is 12.4. The highest BCUT2D eigenvalue weighted by atomic mass is 32.1. The largest absolute Gasteiger partial charge is 0.346 e. The van der Waals surface area contributed by atoms with Crippen molar-refractivity contribution in [3.63, 3.8) is 0 Å². The van der Waals surface area contributed by atoms with Crippen LogP contribution in [-0.2, 0) is 5.54 Å². The molecule has 5 rings (SSSR count). The molecule has 1 aliphatic carbocycles. The van der Waals surface area contributed by atoms with E-state index in [4.69, 9.17) is 4.98 Å². The van der Waals surface area contributed by atoms with Gasteiger partial charge in [-0.25, -0.2) is 15.0 Å². The van der Waals surface area contributed by atoms with Crippen molar-refractivity contribution in [3.05, 3.63) is 29.2 Å². The molecule has 0 unspecified atom stereocenters. The third-order valence-electron chi connectivity index (χ3n) is 4.93. The van der Waals surface area contributed by atoms with Gasteiger partial charge in [0, 0.05) is 6.20 Å². The minimum atomic E-state index is -0.254. The number of hydrogen-bond acceptors (Lipinski definition) is 6. The van der Waals surface area contributed by atoms with Gasteiger partial charge in [-0.1, -0.05) is 30.6 Å². The molecule has 3 aromatic heterocycles. The van der Waals surface area contributed by atoms with Crippen LogP contribution in [0.4, 0.5) is 10.9 Å². The lowest BCUT2D eigenvalue weighted by atomic mass is 9.81. The van der Waals surface area contributed by atoms with Crippen LogP contribution in [-0.4, -0.2) is 25.8 Å². The van der Waals surface area contributed by atoms with E-state index in [9.17, 15) is 4.79 Å². The Labute approximate surface area is 141 Å². The minimum Gasteiger partial charge on any atom is -0.346 e. The second kappa shape index (κ2) is 5.01. The summed E-state index contributed by atoms with van der Waals surface area (Å²) in [4.78, 5) is 29.4. The number of rotatable bonds is 2. The summed E-state index contributed by atoms with van der Waals surface area (Å²) in [6.45, 7) is 0. The van der Waals surface area contributed by atoms with E-state index in [0.29, 0.717) is 10.9 Å². The van der Waals surface area contributed by atoms with Crippen molar-refractivity contribution in [2.24, 2.45) is 0 Å². The molecule has 4 heterocycles. The van der Waals surface area contributed by atoms with Crippen LogP contribution in [0.25, 0.3) is 11.0 Å². The normalized spacial score (nSPS) is 18.8. The number of nitrogens with one attached hydrogen (secondary N) is 3. The minimum absolute atomic E-state index is 0.00642. The Bertz CT molecular complexity index is 939. The Balaban J connectivity index is 1.53. The Morgan fingerprint density at radius 3 is 2.96 bits per heavy atom. The highest BCUT2D eigenvalue weighted by Gasteiger charge is 2.46. The molecule has 3 aromatic rings. The van der Waals surface area contributed by atoms with Crippen molar-refractivity contribution in [1.82, 2.24) is 25.3 Å². The first kappa shape index (κ1) is 13.9. The smallest absolute Gasteiger partial charge is 0.264 e. The van der Waals surface area contributed by atoms with Crippen LogP contribution in [0.15, 0.2) is 18.6 Å². The molecule has 24 heavy (non-hydrogen) atoms. The molecule has 1 fully saturated rings. The molecule has 0 radical (unpaired) electrons. The van der Waals surface area contributed by atoms with Crippen LogP contribution >= 0.6 is 11.3 Å². The molecule has 0 saturated heterocycles. The molecule has 0 atom stereocenters. The van der Waals surface area contributed by atoms with Gasteiger partial charge in [0.2, 0.25) is 0 Å². The second-order valence-electron chi connectivity index (χ2n) is 6.38. The number of aromatic nitrogens is 4. The van der Waals surface area contributed by atoms with Gasteiger partial charge in [0.1, 0.15) is 22.7 Å². The van der Waals surface area contributed by atoms with Gasteiger partial charge in [-0.3, -0.25) is 4.79 Å². The van der Waals surface area contributed by atoms with Gasteiger partial charge < -0.3 is 15.6 Å². The SMILES string of the molecule is O=C1NC2(CCCCC2)c2nc(Nc3ncnc4[nH]ccc34)sc21. The van der Waals surface area contributed by atoms with Gasteiger partial charge in [-0.2, -0.15) is 0 Å². The number of carbonyl (C=O) groups excluding carboxylic acids is 1. The van der Waals surface area contributed by atoms with E-state index in [2.05, 4.69) is 25.6 Å². The van der Waals surface area contributed by atoms with Crippen molar-refractivity contribution in [2.45, 2.75) is 37.6 Å². The molecule has 2 aliphatic rings. The zero-order chi connectivity index (χ0) is 16.1. The molecular weight excluding hydrogens is 324 g/mol. The highest BCUT2D eigenvalue weighted by Crippen LogP contribution is 2.45. The number of hydrogen-bond donors (Lipinski definition) is 3. The van der Waals surface area contributed by atoms with E-state index in [-0.39, 0.29) is 11.4 Å². The molecule has 8 heteroatoms. The second-order valence-corrected chi connectivity index (χ2v) is 7.38. The molecule has 1 saturated carbocycles. The molecule has 1 amide bonds. The van der Waals surface area contributed by atoms with E-state index in [0.717, 1.165) is 47.3 Å². The quantitative estimate of drug-likeness (QED) is 0.666. The first-order valence-electron chi connectivity index (χ1n) is 8.14. The fourth-order valence-electron chi connectivity index (χ4n) is 3.78. The summed E-state index contributed by atoms with van der Waals surface area (Å²) in [5, 5.41) is 8.06. The summed E-state index contributed by atoms with van der Waals surface area (Å²) in [7, 11) is 0. The predicted molar refractivity (Wildman–Crippen MR) is 91.5 cm³/mol. The van der Waals surface area contributed by atoms with Gasteiger partial charge in [-0.05, 0) is 18.9 Å². The van der Waals surface area contributed by atoms with Crippen molar-refractivity contribution >= 4 is 39.2 Å². The summed E-state index contributed by atoms with van der Waals surface area (Å²) in [5.74, 6) is 0.707. The van der Waals surface area contributed by atoms with Crippen LogP contribution in [0.1, 0.15) is 47.5 Å². The number of amides is 1. The third kappa shape index (κ3) is 1.96. The van der Waals surface area contributed by atoms with Crippen LogP contribution in [0.5, 0.6) is 0 Å². The standard InChI is InChI=1S/C16H16N6OS/c23-14-10-11(16(22-14)5-2-1-3-6-16)20-15(24-10)21-13-9-4-7-17-12(9)18-8-19-13/h4,7-8H,1-3,5-6H2,(H,22,23)(H2,17,18,19,20,21). The van der Waals surface area contributed by atoms with Gasteiger partial charge >= 0.3 is 0 Å². The third-order valence-corrected chi connectivity index (χ3v) is 5.90. The summed E-state index contributed by atoms with van der Waals surface area (Å²) in [6.07, 6.45) is 8.80. The summed E-state index contributed by atoms with van der Waals surface area (Å²) < 4.78 is 0. The number of thiazole rings is 1. The van der Waals surface area contributed by atoms with E-state index in [1.807, 2.05) is 12.3 Å². The fraction of sp³-hybridized carbons (Fsp3) is 0.375. The Hall–Kier alpha value is -2.48. The van der Waals surface area contributed by atoms with Crippen LogP contribution in [0, 0.1) is 0 Å². The number of carbonyl (C=O) groups is 1. The summed E-state index contributed by atoms with van der Waals surface area (Å²) >= 11 is 1.40. The molecule has 1 spiro atoms. The number of anilines is 2. The van der Waals surface area contributed by atoms with Crippen molar-refractivity contribution in [3.8, 4) is 0 Å². The molecule has 3 N–H and O–H groups in total. The molecule has 1 aliphatic heterocycles. The average molecular weight is 340 g/mol. The van der Waals surface area contributed by atoms with Crippen LogP contribution in [0.3, 0.4) is 0 Å². The van der Waals surface area contributed by atoms with Crippen molar-refractivity contribution in [1.29, 1.82) is 0 Å². The lowest BCUT2D eigenvalue weighted by Crippen LogP contribution is -2.41. The Morgan fingerprint density at radius 1 is 1.21 bits per heavy atom. The highest BCUT2D eigenvalue weighted by molar-refractivity contribution is 7.17. The average Bonchev–Trinajstić information content (AvgIpc) is 3.27. The van der Waals surface area contributed by atoms with E-state index in [1.165, 1.54) is 24.1 Å². The first-order chi connectivity index (χ1) is 11.8. The van der Waals surface area contributed by atoms with E-state index >= 15 is 0 Å². The monoisotopic (exact) mass is 340 g/mol. The van der Waals surface area contributed by atoms with E-state index < -0.39 is 0 Å². The molecule has 0 bridgehead atoms. The summed E-state index contributed by atoms with van der Waals surface area (Å²) in [6, 6.07) is 1.92. The number of aromatic amines is 1. The predicted octanol–water partition coefficient (Wildman–Crippen LogP) is 3.06. The maximum atomic E-state index is 12.4. The van der Waals surface area contributed by atoms with Gasteiger partial charge in [-0.15, -0.1) is 0 Å². The zero-order valence-electron chi connectivity index (χ0n) is 12.9. The summed E-state index contributed by atoms with van der Waals surface area (Å²) in [5.41, 5.74) is 1.44. The molecule has 0 aromatic carbocycles. The Kier molecular flexibility index (Phi) is 2.90. The van der Waals surface area contributed by atoms with Crippen LogP contribution in [0.2, 0.25) is 0 Å². The van der Waals surface area contributed by atoms with Gasteiger partial charge in [0.15, 0.2) is 5.13 Å². The topological polar surface area (TPSA) is 95.6 Å². The molecule has 7 nitrogen and oxygen atoms in total. The van der Waals surface area contributed by atoms with E-state index in [1.54, 1.807) is 0 Å². The van der Waals surface area contributed by atoms with Crippen molar-refractivity contribution < 1.29 is 4.79 Å².